The average Bonchev–Trinajstić information content (AvgIpc) is 2.61. The highest BCUT2D eigenvalue weighted by molar-refractivity contribution is 5.69. The molecule has 1 aliphatic rings. The molecule has 1 rings (SSSR count). The Labute approximate surface area is 65.3 Å². The predicted octanol–water partition coefficient (Wildman–Crippen LogP) is 0.171. The molecule has 0 aromatic carbocycles. The Morgan fingerprint density at radius 3 is 2.73 bits per heavy atom. The molecule has 4 heteroatoms. The zero-order chi connectivity index (χ0) is 8.43. The van der Waals surface area contributed by atoms with Gasteiger partial charge in [-0.15, -0.1) is 0 Å². The number of carboxylic acid groups (broad SMARTS) is 1. The molecule has 3 atom stereocenters. The quantitative estimate of drug-likeness (QED) is 0.573. The number of hydrogen-bond donors (Lipinski definition) is 2. The summed E-state index contributed by atoms with van der Waals surface area (Å²) in [5.41, 5.74) is 5.36. The van der Waals surface area contributed by atoms with Crippen LogP contribution in [0.4, 0.5) is 0 Å². The van der Waals surface area contributed by atoms with Crippen LogP contribution >= 0.6 is 0 Å². The van der Waals surface area contributed by atoms with Crippen LogP contribution in [0.3, 0.4) is 0 Å². The summed E-state index contributed by atoms with van der Waals surface area (Å²) in [7, 11) is 0. The number of carboxylic acids is 1. The third-order valence-electron chi connectivity index (χ3n) is 1.93. The van der Waals surface area contributed by atoms with Crippen LogP contribution in [-0.4, -0.2) is 23.4 Å². The second-order valence-corrected chi connectivity index (χ2v) is 2.96. The van der Waals surface area contributed by atoms with Gasteiger partial charge in [-0.05, 0) is 12.8 Å². The van der Waals surface area contributed by atoms with Crippen molar-refractivity contribution >= 4 is 5.97 Å². The van der Waals surface area contributed by atoms with Crippen molar-refractivity contribution in [3.8, 4) is 0 Å². The third kappa shape index (κ3) is 2.48. The van der Waals surface area contributed by atoms with Crippen molar-refractivity contribution in [1.82, 2.24) is 0 Å². The first-order valence-corrected chi connectivity index (χ1v) is 3.75. The van der Waals surface area contributed by atoms with Crippen LogP contribution < -0.4 is 5.73 Å². The van der Waals surface area contributed by atoms with Crippen LogP contribution in [0.5, 0.6) is 0 Å². The molecule has 1 fully saturated rings. The maximum atomic E-state index is 10.3. The normalized spacial score (nSPS) is 31.5. The summed E-state index contributed by atoms with van der Waals surface area (Å²) >= 11 is 0. The van der Waals surface area contributed by atoms with Gasteiger partial charge >= 0.3 is 5.97 Å². The summed E-state index contributed by atoms with van der Waals surface area (Å²) in [5.74, 6) is -1.04. The van der Waals surface area contributed by atoms with Gasteiger partial charge in [-0.3, -0.25) is 4.79 Å². The van der Waals surface area contributed by atoms with Gasteiger partial charge < -0.3 is 15.6 Å². The zero-order valence-corrected chi connectivity index (χ0v) is 6.49. The highest BCUT2D eigenvalue weighted by Gasteiger charge is 2.34. The zero-order valence-electron chi connectivity index (χ0n) is 6.49. The lowest BCUT2D eigenvalue weighted by molar-refractivity contribution is -0.141. The summed E-state index contributed by atoms with van der Waals surface area (Å²) < 4.78 is 4.93. The van der Waals surface area contributed by atoms with Crippen LogP contribution in [-0.2, 0) is 9.53 Å². The van der Waals surface area contributed by atoms with Crippen molar-refractivity contribution < 1.29 is 14.6 Å². The molecule has 64 valence electrons. The Balaban J connectivity index is 2.07. The number of hydrogen-bond acceptors (Lipinski definition) is 3. The topological polar surface area (TPSA) is 75.8 Å². The van der Waals surface area contributed by atoms with Gasteiger partial charge in [0.25, 0.3) is 0 Å². The van der Waals surface area contributed by atoms with E-state index in [0.29, 0.717) is 6.42 Å². The van der Waals surface area contributed by atoms with E-state index in [4.69, 9.17) is 15.6 Å². The SMILES string of the molecule is C[C@@H](CCC1OC1N)C(=O)O. The fraction of sp³-hybridized carbons (Fsp3) is 0.857. The summed E-state index contributed by atoms with van der Waals surface area (Å²) in [6, 6.07) is 0. The lowest BCUT2D eigenvalue weighted by atomic mass is 10.0. The van der Waals surface area contributed by atoms with Gasteiger partial charge in [-0.25, -0.2) is 0 Å². The molecule has 0 radical (unpaired) electrons. The van der Waals surface area contributed by atoms with E-state index >= 15 is 0 Å². The molecule has 0 aliphatic carbocycles. The summed E-state index contributed by atoms with van der Waals surface area (Å²) in [5, 5.41) is 8.51. The van der Waals surface area contributed by atoms with Gasteiger partial charge in [0.15, 0.2) is 0 Å². The van der Waals surface area contributed by atoms with E-state index in [-0.39, 0.29) is 18.2 Å². The first-order valence-electron chi connectivity index (χ1n) is 3.75. The number of rotatable bonds is 4. The molecule has 1 aliphatic heterocycles. The molecule has 2 unspecified atom stereocenters. The number of aliphatic carboxylic acids is 1. The maximum Gasteiger partial charge on any atom is 0.306 e. The van der Waals surface area contributed by atoms with Gasteiger partial charge in [0.05, 0.1) is 12.0 Å². The molecule has 3 N–H and O–H groups in total. The number of carbonyl (C=O) groups is 1. The monoisotopic (exact) mass is 159 g/mol. The molecule has 4 nitrogen and oxygen atoms in total. The van der Waals surface area contributed by atoms with E-state index in [1.807, 2.05) is 0 Å². The molecule has 0 aromatic heterocycles. The van der Waals surface area contributed by atoms with E-state index in [2.05, 4.69) is 0 Å². The molecule has 1 heterocycles. The Morgan fingerprint density at radius 1 is 1.82 bits per heavy atom. The lowest BCUT2D eigenvalue weighted by Gasteiger charge is -2.02. The number of epoxide rings is 1. The molecular formula is C7H13NO3. The molecule has 0 amide bonds. The third-order valence-corrected chi connectivity index (χ3v) is 1.93. The Hall–Kier alpha value is -0.610. The molecular weight excluding hydrogens is 146 g/mol. The number of ether oxygens (including phenoxy) is 1. The van der Waals surface area contributed by atoms with E-state index < -0.39 is 5.97 Å². The van der Waals surface area contributed by atoms with E-state index in [1.54, 1.807) is 6.92 Å². The molecule has 0 spiro atoms. The number of nitrogens with two attached hydrogens (primary N) is 1. The molecule has 11 heavy (non-hydrogen) atoms. The largest absolute Gasteiger partial charge is 0.481 e. The van der Waals surface area contributed by atoms with Gasteiger partial charge in [0.2, 0.25) is 0 Å². The van der Waals surface area contributed by atoms with Crippen molar-refractivity contribution in [1.29, 1.82) is 0 Å². The Bertz CT molecular complexity index is 160. The van der Waals surface area contributed by atoms with E-state index in [0.717, 1.165) is 6.42 Å². The molecule has 0 bridgehead atoms. The average molecular weight is 159 g/mol. The lowest BCUT2D eigenvalue weighted by Crippen LogP contribution is -2.12. The second-order valence-electron chi connectivity index (χ2n) is 2.96. The van der Waals surface area contributed by atoms with E-state index in [9.17, 15) is 4.79 Å². The minimum Gasteiger partial charge on any atom is -0.481 e. The van der Waals surface area contributed by atoms with Crippen molar-refractivity contribution in [2.24, 2.45) is 11.7 Å². The van der Waals surface area contributed by atoms with Crippen LogP contribution in [0.2, 0.25) is 0 Å². The summed E-state index contributed by atoms with van der Waals surface area (Å²) in [4.78, 5) is 10.3. The highest BCUT2D eigenvalue weighted by atomic mass is 16.6. The summed E-state index contributed by atoms with van der Waals surface area (Å²) in [6.07, 6.45) is 1.37. The van der Waals surface area contributed by atoms with Crippen molar-refractivity contribution in [2.75, 3.05) is 0 Å². The minimum absolute atomic E-state index is 0.108. The Kier molecular flexibility index (Phi) is 2.46. The molecule has 0 saturated carbocycles. The standard InChI is InChI=1S/C7H13NO3/c1-4(7(9)10)2-3-5-6(8)11-5/h4-6H,2-3,8H2,1H3,(H,9,10)/t4-,5?,6?/m0/s1. The van der Waals surface area contributed by atoms with Crippen LogP contribution in [0, 0.1) is 5.92 Å². The van der Waals surface area contributed by atoms with Gasteiger partial charge in [-0.2, -0.15) is 0 Å². The predicted molar refractivity (Wildman–Crippen MR) is 38.9 cm³/mol. The van der Waals surface area contributed by atoms with Gasteiger partial charge in [-0.1, -0.05) is 6.92 Å². The van der Waals surface area contributed by atoms with E-state index in [1.165, 1.54) is 0 Å². The summed E-state index contributed by atoms with van der Waals surface area (Å²) in [6.45, 7) is 1.69. The minimum atomic E-state index is -0.751. The fourth-order valence-electron chi connectivity index (χ4n) is 0.927. The van der Waals surface area contributed by atoms with Gasteiger partial charge in [0.1, 0.15) is 6.23 Å². The fourth-order valence-corrected chi connectivity index (χ4v) is 0.927. The first-order chi connectivity index (χ1) is 5.11. The Morgan fingerprint density at radius 2 is 2.36 bits per heavy atom. The van der Waals surface area contributed by atoms with Crippen molar-refractivity contribution in [3.63, 3.8) is 0 Å². The smallest absolute Gasteiger partial charge is 0.306 e. The van der Waals surface area contributed by atoms with Crippen molar-refractivity contribution in [2.45, 2.75) is 32.1 Å². The van der Waals surface area contributed by atoms with Crippen molar-refractivity contribution in [3.05, 3.63) is 0 Å². The van der Waals surface area contributed by atoms with Crippen LogP contribution in [0.1, 0.15) is 19.8 Å². The molecule has 1 saturated heterocycles. The highest BCUT2D eigenvalue weighted by Crippen LogP contribution is 2.23. The van der Waals surface area contributed by atoms with Crippen LogP contribution in [0.25, 0.3) is 0 Å². The van der Waals surface area contributed by atoms with Gasteiger partial charge in [0, 0.05) is 0 Å². The second kappa shape index (κ2) is 3.19. The first kappa shape index (κ1) is 8.49. The van der Waals surface area contributed by atoms with Crippen LogP contribution in [0.15, 0.2) is 0 Å². The molecule has 0 aromatic rings. The maximum absolute atomic E-state index is 10.3.